The molecule has 2 aromatic rings. The summed E-state index contributed by atoms with van der Waals surface area (Å²) in [4.78, 5) is 0.800. The third-order valence-corrected chi connectivity index (χ3v) is 4.06. The van der Waals surface area contributed by atoms with Gasteiger partial charge in [0.1, 0.15) is 5.75 Å². The average Bonchev–Trinajstić information content (AvgIpc) is 2.47. The first-order valence-electron chi connectivity index (χ1n) is 6.37. The molecule has 1 unspecified atom stereocenters. The summed E-state index contributed by atoms with van der Waals surface area (Å²) in [6.45, 7) is 2.03. The molecule has 0 radical (unpaired) electrons. The largest absolute Gasteiger partial charge is 0.497 e. The van der Waals surface area contributed by atoms with E-state index in [9.17, 15) is 4.21 Å². The van der Waals surface area contributed by atoms with Crippen molar-refractivity contribution in [2.75, 3.05) is 13.4 Å². The van der Waals surface area contributed by atoms with Crippen molar-refractivity contribution < 1.29 is 8.95 Å². The van der Waals surface area contributed by atoms with E-state index in [4.69, 9.17) is 4.74 Å². The molecule has 0 aliphatic heterocycles. The molecule has 2 nitrogen and oxygen atoms in total. The van der Waals surface area contributed by atoms with Gasteiger partial charge >= 0.3 is 0 Å². The average molecular weight is 286 g/mol. The summed E-state index contributed by atoms with van der Waals surface area (Å²) in [5.41, 5.74) is 3.22. The van der Waals surface area contributed by atoms with Crippen LogP contribution in [0.5, 0.6) is 5.75 Å². The van der Waals surface area contributed by atoms with Crippen LogP contribution in [0.4, 0.5) is 0 Å². The van der Waals surface area contributed by atoms with Crippen LogP contribution in [0.3, 0.4) is 0 Å². The van der Waals surface area contributed by atoms with Gasteiger partial charge < -0.3 is 4.74 Å². The summed E-state index contributed by atoms with van der Waals surface area (Å²) in [6, 6.07) is 15.8. The predicted molar refractivity (Wildman–Crippen MR) is 85.3 cm³/mol. The van der Waals surface area contributed by atoms with Gasteiger partial charge in [0, 0.05) is 11.2 Å². The molecule has 0 bridgehead atoms. The molecular formula is C17H18O2S. The molecule has 2 aromatic carbocycles. The van der Waals surface area contributed by atoms with Gasteiger partial charge in [0.25, 0.3) is 0 Å². The minimum Gasteiger partial charge on any atom is -0.497 e. The van der Waals surface area contributed by atoms with E-state index in [2.05, 4.69) is 18.2 Å². The number of rotatable bonds is 4. The molecule has 0 N–H and O–H groups in total. The summed E-state index contributed by atoms with van der Waals surface area (Å²) in [5.74, 6) is 0.728. The Morgan fingerprint density at radius 1 is 1.15 bits per heavy atom. The zero-order valence-corrected chi connectivity index (χ0v) is 12.7. The maximum atomic E-state index is 11.9. The van der Waals surface area contributed by atoms with Gasteiger partial charge in [-0.2, -0.15) is 0 Å². The van der Waals surface area contributed by atoms with Crippen molar-refractivity contribution in [3.63, 3.8) is 0 Å². The molecule has 20 heavy (non-hydrogen) atoms. The number of benzene rings is 2. The minimum atomic E-state index is -1.05. The van der Waals surface area contributed by atoms with Crippen LogP contribution in [0.15, 0.2) is 53.4 Å². The Kier molecular flexibility index (Phi) is 4.74. The van der Waals surface area contributed by atoms with Crippen molar-refractivity contribution >= 4 is 22.4 Å². The zero-order valence-electron chi connectivity index (χ0n) is 11.9. The molecule has 0 aliphatic carbocycles. The number of allylic oxidation sites excluding steroid dienone is 1. The molecule has 2 rings (SSSR count). The van der Waals surface area contributed by atoms with E-state index in [1.54, 1.807) is 13.4 Å². The van der Waals surface area contributed by atoms with Crippen molar-refractivity contribution in [2.24, 2.45) is 0 Å². The Hall–Kier alpha value is -1.87. The van der Waals surface area contributed by atoms with E-state index >= 15 is 0 Å². The summed E-state index contributed by atoms with van der Waals surface area (Å²) in [6.07, 6.45) is 3.78. The Labute approximate surface area is 122 Å². The fourth-order valence-electron chi connectivity index (χ4n) is 2.07. The molecule has 104 valence electrons. The lowest BCUT2D eigenvalue weighted by atomic mass is 10.0. The third-order valence-electron chi connectivity index (χ3n) is 3.11. The van der Waals surface area contributed by atoms with Gasteiger partial charge in [0.05, 0.1) is 17.9 Å². The van der Waals surface area contributed by atoms with E-state index in [0.717, 1.165) is 27.3 Å². The standard InChI is InChI=1S/C17H18O2S/c1-13(11-14-7-5-4-6-8-14)16-10-9-15(19-2)12-17(16)20(3)18/h4-12H,1-3H3/b13-11+. The molecule has 0 amide bonds. The Bertz CT molecular complexity index is 645. The highest BCUT2D eigenvalue weighted by atomic mass is 32.2. The Morgan fingerprint density at radius 3 is 2.45 bits per heavy atom. The van der Waals surface area contributed by atoms with Crippen LogP contribution in [0.2, 0.25) is 0 Å². The maximum Gasteiger partial charge on any atom is 0.120 e. The minimum absolute atomic E-state index is 0.728. The normalized spacial score (nSPS) is 13.1. The van der Waals surface area contributed by atoms with Crippen LogP contribution in [-0.4, -0.2) is 17.6 Å². The van der Waals surface area contributed by atoms with Crippen LogP contribution in [-0.2, 0) is 10.8 Å². The Balaban J connectivity index is 2.46. The van der Waals surface area contributed by atoms with Crippen LogP contribution in [0.25, 0.3) is 11.6 Å². The smallest absolute Gasteiger partial charge is 0.120 e. The second-order valence-corrected chi connectivity index (χ2v) is 5.90. The second kappa shape index (κ2) is 6.53. The fourth-order valence-corrected chi connectivity index (χ4v) is 2.89. The molecule has 1 atom stereocenters. The molecule has 0 saturated heterocycles. The van der Waals surface area contributed by atoms with Crippen LogP contribution >= 0.6 is 0 Å². The first-order chi connectivity index (χ1) is 9.61. The molecule has 0 aliphatic rings. The van der Waals surface area contributed by atoms with Crippen LogP contribution in [0.1, 0.15) is 18.1 Å². The molecule has 0 aromatic heterocycles. The van der Waals surface area contributed by atoms with Crippen molar-refractivity contribution in [1.82, 2.24) is 0 Å². The van der Waals surface area contributed by atoms with Crippen molar-refractivity contribution in [1.29, 1.82) is 0 Å². The third kappa shape index (κ3) is 3.36. The molecule has 0 saturated carbocycles. The zero-order chi connectivity index (χ0) is 14.5. The van der Waals surface area contributed by atoms with Gasteiger partial charge in [-0.15, -0.1) is 0 Å². The topological polar surface area (TPSA) is 26.3 Å². The van der Waals surface area contributed by atoms with Gasteiger partial charge in [0.15, 0.2) is 0 Å². The monoisotopic (exact) mass is 286 g/mol. The van der Waals surface area contributed by atoms with E-state index in [1.165, 1.54) is 0 Å². The highest BCUT2D eigenvalue weighted by Gasteiger charge is 2.09. The van der Waals surface area contributed by atoms with E-state index < -0.39 is 10.8 Å². The van der Waals surface area contributed by atoms with Crippen molar-refractivity contribution in [2.45, 2.75) is 11.8 Å². The summed E-state index contributed by atoms with van der Waals surface area (Å²) >= 11 is 0. The van der Waals surface area contributed by atoms with Gasteiger partial charge in [-0.3, -0.25) is 4.21 Å². The molecular weight excluding hydrogens is 268 g/mol. The van der Waals surface area contributed by atoms with Crippen molar-refractivity contribution in [3.8, 4) is 5.75 Å². The number of ether oxygens (including phenoxy) is 1. The lowest BCUT2D eigenvalue weighted by Crippen LogP contribution is -1.96. The lowest BCUT2D eigenvalue weighted by molar-refractivity contribution is 0.413. The fraction of sp³-hybridized carbons (Fsp3) is 0.176. The van der Waals surface area contributed by atoms with Gasteiger partial charge in [-0.05, 0) is 41.8 Å². The quantitative estimate of drug-likeness (QED) is 0.794. The molecule has 3 heteroatoms. The Morgan fingerprint density at radius 2 is 1.85 bits per heavy atom. The van der Waals surface area contributed by atoms with E-state index in [0.29, 0.717) is 0 Å². The highest BCUT2D eigenvalue weighted by molar-refractivity contribution is 7.84. The van der Waals surface area contributed by atoms with Gasteiger partial charge in [0.2, 0.25) is 0 Å². The number of hydrogen-bond donors (Lipinski definition) is 0. The van der Waals surface area contributed by atoms with Crippen LogP contribution < -0.4 is 4.74 Å². The number of hydrogen-bond acceptors (Lipinski definition) is 2. The van der Waals surface area contributed by atoms with E-state index in [1.807, 2.05) is 43.3 Å². The van der Waals surface area contributed by atoms with Gasteiger partial charge in [-0.1, -0.05) is 36.4 Å². The predicted octanol–water partition coefficient (Wildman–Crippen LogP) is 3.99. The van der Waals surface area contributed by atoms with Crippen LogP contribution in [0, 0.1) is 0 Å². The second-order valence-electron chi connectivity index (χ2n) is 4.55. The highest BCUT2D eigenvalue weighted by Crippen LogP contribution is 2.27. The SMILES string of the molecule is COc1ccc(/C(C)=C/c2ccccc2)c(S(C)=O)c1. The first kappa shape index (κ1) is 14.5. The molecule has 0 fully saturated rings. The lowest BCUT2D eigenvalue weighted by Gasteiger charge is -2.10. The summed E-state index contributed by atoms with van der Waals surface area (Å²) in [5, 5.41) is 0. The summed E-state index contributed by atoms with van der Waals surface area (Å²) < 4.78 is 17.1. The maximum absolute atomic E-state index is 11.9. The van der Waals surface area contributed by atoms with Crippen molar-refractivity contribution in [3.05, 3.63) is 59.7 Å². The molecule has 0 spiro atoms. The first-order valence-corrected chi connectivity index (χ1v) is 7.93. The summed E-state index contributed by atoms with van der Waals surface area (Å²) in [7, 11) is 0.563. The molecule has 0 heterocycles. The van der Waals surface area contributed by atoms with E-state index in [-0.39, 0.29) is 0 Å². The van der Waals surface area contributed by atoms with Gasteiger partial charge in [-0.25, -0.2) is 0 Å². The number of methoxy groups -OCH3 is 1.